The van der Waals surface area contributed by atoms with Gasteiger partial charge in [0.2, 0.25) is 15.8 Å². The van der Waals surface area contributed by atoms with E-state index < -0.39 is 10.0 Å². The van der Waals surface area contributed by atoms with E-state index in [-0.39, 0.29) is 11.8 Å². The number of nitrogens with one attached hydrogen (secondary N) is 3. The molecule has 10 nitrogen and oxygen atoms in total. The van der Waals surface area contributed by atoms with Crippen LogP contribution in [0.4, 0.5) is 0 Å². The van der Waals surface area contributed by atoms with Crippen LogP contribution in [0.15, 0.2) is 27.8 Å². The minimum Gasteiger partial charge on any atom is -0.461 e. The highest BCUT2D eigenvalue weighted by Crippen LogP contribution is 2.16. The standard InChI is InChI=1S/C18H29N7O3S/c1-3-12-29(26,27)25-9-7-14(8-10-25)21-18(19-4-2)20-13-16-22-17(24-23-16)15-6-5-11-28-15/h5-6,11,14H,3-4,7-10,12-13H2,1-2H3,(H2,19,20,21)(H,22,23,24). The molecule has 0 aromatic carbocycles. The molecule has 1 aliphatic heterocycles. The number of hydrogen-bond donors (Lipinski definition) is 3. The normalized spacial score (nSPS) is 16.8. The maximum Gasteiger partial charge on any atom is 0.216 e. The van der Waals surface area contributed by atoms with E-state index in [0.717, 1.165) is 19.4 Å². The van der Waals surface area contributed by atoms with Gasteiger partial charge in [-0.1, -0.05) is 6.92 Å². The Balaban J connectivity index is 1.55. The number of sulfonamides is 1. The van der Waals surface area contributed by atoms with Crippen LogP contribution in [-0.4, -0.2) is 65.3 Å². The predicted octanol–water partition coefficient (Wildman–Crippen LogP) is 1.32. The number of furan rings is 1. The van der Waals surface area contributed by atoms with Crippen LogP contribution in [0.3, 0.4) is 0 Å². The summed E-state index contributed by atoms with van der Waals surface area (Å²) in [6.07, 6.45) is 3.72. The van der Waals surface area contributed by atoms with Crippen molar-refractivity contribution in [3.8, 4) is 11.6 Å². The molecule has 0 atom stereocenters. The fourth-order valence-electron chi connectivity index (χ4n) is 3.21. The van der Waals surface area contributed by atoms with Gasteiger partial charge in [-0.15, -0.1) is 5.10 Å². The summed E-state index contributed by atoms with van der Waals surface area (Å²) in [6, 6.07) is 3.76. The lowest BCUT2D eigenvalue weighted by atomic mass is 10.1. The molecule has 29 heavy (non-hydrogen) atoms. The molecule has 11 heteroatoms. The molecule has 0 amide bonds. The van der Waals surface area contributed by atoms with E-state index in [1.807, 2.05) is 13.8 Å². The number of piperidine rings is 1. The number of aromatic nitrogens is 3. The zero-order chi connectivity index (χ0) is 20.7. The van der Waals surface area contributed by atoms with Crippen molar-refractivity contribution in [2.75, 3.05) is 25.4 Å². The first-order valence-electron chi connectivity index (χ1n) is 9.99. The maximum absolute atomic E-state index is 12.2. The number of hydrogen-bond acceptors (Lipinski definition) is 6. The number of aliphatic imine (C=N–C) groups is 1. The molecule has 1 aliphatic rings. The van der Waals surface area contributed by atoms with Crippen molar-refractivity contribution >= 4 is 16.0 Å². The minimum atomic E-state index is -3.13. The Morgan fingerprint density at radius 2 is 2.17 bits per heavy atom. The highest BCUT2D eigenvalue weighted by molar-refractivity contribution is 7.89. The smallest absolute Gasteiger partial charge is 0.216 e. The van der Waals surface area contributed by atoms with Crippen LogP contribution in [0.5, 0.6) is 0 Å². The van der Waals surface area contributed by atoms with E-state index in [1.54, 1.807) is 22.7 Å². The Kier molecular flexibility index (Phi) is 7.26. The lowest BCUT2D eigenvalue weighted by Crippen LogP contribution is -2.50. The summed E-state index contributed by atoms with van der Waals surface area (Å²) < 4.78 is 31.3. The van der Waals surface area contributed by atoms with Crippen LogP contribution in [-0.2, 0) is 16.6 Å². The molecule has 3 N–H and O–H groups in total. The van der Waals surface area contributed by atoms with Gasteiger partial charge in [-0.25, -0.2) is 22.7 Å². The van der Waals surface area contributed by atoms with E-state index in [1.165, 1.54) is 0 Å². The molecular formula is C18H29N7O3S. The Hall–Kier alpha value is -2.40. The monoisotopic (exact) mass is 423 g/mol. The number of nitrogens with zero attached hydrogens (tertiary/aromatic N) is 4. The van der Waals surface area contributed by atoms with Crippen molar-refractivity contribution in [3.63, 3.8) is 0 Å². The summed E-state index contributed by atoms with van der Waals surface area (Å²) in [7, 11) is -3.13. The van der Waals surface area contributed by atoms with Gasteiger partial charge in [0, 0.05) is 25.7 Å². The molecule has 0 saturated carbocycles. The SMILES string of the molecule is CCCS(=O)(=O)N1CCC(NC(=NCc2nc(-c3ccco3)n[nH]2)NCC)CC1. The second-order valence-electron chi connectivity index (χ2n) is 6.91. The Bertz CT molecular complexity index is 884. The van der Waals surface area contributed by atoms with Crippen LogP contribution >= 0.6 is 0 Å². The third-order valence-corrected chi connectivity index (χ3v) is 6.73. The van der Waals surface area contributed by atoms with Crippen molar-refractivity contribution in [1.29, 1.82) is 0 Å². The molecule has 1 saturated heterocycles. The third-order valence-electron chi connectivity index (χ3n) is 4.65. The van der Waals surface area contributed by atoms with Gasteiger partial charge in [0.1, 0.15) is 12.4 Å². The molecule has 2 aromatic rings. The third kappa shape index (κ3) is 5.80. The fraction of sp³-hybridized carbons (Fsp3) is 0.611. The number of rotatable bonds is 8. The molecule has 1 fully saturated rings. The van der Waals surface area contributed by atoms with E-state index in [4.69, 9.17) is 4.42 Å². The van der Waals surface area contributed by atoms with Gasteiger partial charge in [-0.05, 0) is 38.3 Å². The van der Waals surface area contributed by atoms with Gasteiger partial charge in [-0.3, -0.25) is 5.10 Å². The highest BCUT2D eigenvalue weighted by Gasteiger charge is 2.27. The van der Waals surface area contributed by atoms with Crippen molar-refractivity contribution in [2.24, 2.45) is 4.99 Å². The molecule has 2 aromatic heterocycles. The quantitative estimate of drug-likeness (QED) is 0.431. The summed E-state index contributed by atoms with van der Waals surface area (Å²) >= 11 is 0. The second kappa shape index (κ2) is 9.88. The van der Waals surface area contributed by atoms with Crippen LogP contribution < -0.4 is 10.6 Å². The van der Waals surface area contributed by atoms with Gasteiger partial charge in [0.05, 0.1) is 12.0 Å². The molecule has 0 radical (unpaired) electrons. The fourth-order valence-corrected chi connectivity index (χ4v) is 4.76. The summed E-state index contributed by atoms with van der Waals surface area (Å²) in [5.74, 6) is 2.63. The van der Waals surface area contributed by atoms with E-state index in [0.29, 0.717) is 49.4 Å². The molecule has 0 spiro atoms. The lowest BCUT2D eigenvalue weighted by molar-refractivity contribution is 0.306. The van der Waals surface area contributed by atoms with Crippen LogP contribution in [0, 0.1) is 0 Å². The van der Waals surface area contributed by atoms with Gasteiger partial charge >= 0.3 is 0 Å². The molecule has 0 unspecified atom stereocenters. The van der Waals surface area contributed by atoms with Gasteiger partial charge in [-0.2, -0.15) is 0 Å². The van der Waals surface area contributed by atoms with Crippen LogP contribution in [0.2, 0.25) is 0 Å². The number of aromatic amines is 1. The number of guanidine groups is 1. The Labute approximate surface area is 171 Å². The molecule has 0 bridgehead atoms. The Morgan fingerprint density at radius 1 is 1.38 bits per heavy atom. The van der Waals surface area contributed by atoms with Gasteiger partial charge in [0.25, 0.3) is 0 Å². The zero-order valence-corrected chi connectivity index (χ0v) is 17.7. The van der Waals surface area contributed by atoms with Crippen molar-refractivity contribution < 1.29 is 12.8 Å². The maximum atomic E-state index is 12.2. The van der Waals surface area contributed by atoms with Crippen molar-refractivity contribution in [1.82, 2.24) is 30.1 Å². The van der Waals surface area contributed by atoms with Gasteiger partial charge in [0.15, 0.2) is 11.7 Å². The lowest BCUT2D eigenvalue weighted by Gasteiger charge is -2.32. The van der Waals surface area contributed by atoms with E-state index in [9.17, 15) is 8.42 Å². The average Bonchev–Trinajstić information content (AvgIpc) is 3.38. The molecule has 0 aliphatic carbocycles. The van der Waals surface area contributed by atoms with Crippen molar-refractivity contribution in [2.45, 2.75) is 45.7 Å². The highest BCUT2D eigenvalue weighted by atomic mass is 32.2. The second-order valence-corrected chi connectivity index (χ2v) is 9.00. The Morgan fingerprint density at radius 3 is 2.83 bits per heavy atom. The predicted molar refractivity (Wildman–Crippen MR) is 111 cm³/mol. The van der Waals surface area contributed by atoms with Gasteiger partial charge < -0.3 is 15.1 Å². The first kappa shape index (κ1) is 21.3. The summed E-state index contributed by atoms with van der Waals surface area (Å²) in [6.45, 7) is 6.02. The first-order chi connectivity index (χ1) is 14.0. The van der Waals surface area contributed by atoms with E-state index in [2.05, 4.69) is 30.8 Å². The minimum absolute atomic E-state index is 0.175. The first-order valence-corrected chi connectivity index (χ1v) is 11.6. The molecular weight excluding hydrogens is 394 g/mol. The van der Waals surface area contributed by atoms with Crippen molar-refractivity contribution in [3.05, 3.63) is 24.2 Å². The van der Waals surface area contributed by atoms with Crippen LogP contribution in [0.1, 0.15) is 38.9 Å². The molecule has 3 heterocycles. The largest absolute Gasteiger partial charge is 0.461 e. The summed E-state index contributed by atoms with van der Waals surface area (Å²) in [5, 5.41) is 13.6. The summed E-state index contributed by atoms with van der Waals surface area (Å²) in [4.78, 5) is 8.96. The average molecular weight is 424 g/mol. The van der Waals surface area contributed by atoms with Crippen LogP contribution in [0.25, 0.3) is 11.6 Å². The van der Waals surface area contributed by atoms with E-state index >= 15 is 0 Å². The molecule has 160 valence electrons. The molecule has 3 rings (SSSR count). The number of H-pyrrole nitrogens is 1. The zero-order valence-electron chi connectivity index (χ0n) is 16.9. The topological polar surface area (TPSA) is 129 Å². The summed E-state index contributed by atoms with van der Waals surface area (Å²) in [5.41, 5.74) is 0.